The molecular weight excluding hydrogens is 523 g/mol. The lowest BCUT2D eigenvalue weighted by molar-refractivity contribution is 0.591. The van der Waals surface area contributed by atoms with Gasteiger partial charge in [-0.1, -0.05) is 178 Å². The van der Waals surface area contributed by atoms with E-state index in [1.807, 2.05) is 30.3 Å². The maximum atomic E-state index is 13.6. The Balaban J connectivity index is 0.000000148. The second kappa shape index (κ2) is 12.7. The van der Waals surface area contributed by atoms with Crippen LogP contribution >= 0.6 is 0 Å². The third-order valence-electron chi connectivity index (χ3n) is 7.89. The Labute approximate surface area is 258 Å². The van der Waals surface area contributed by atoms with Crippen molar-refractivity contribution < 1.29 is 4.39 Å². The number of benzene rings is 6. The molecule has 0 nitrogen and oxygen atoms in total. The first kappa shape index (κ1) is 32.0. The summed E-state index contributed by atoms with van der Waals surface area (Å²) < 4.78 is 13.6. The van der Waals surface area contributed by atoms with Gasteiger partial charge >= 0.3 is 0 Å². The van der Waals surface area contributed by atoms with Crippen molar-refractivity contribution in [2.24, 2.45) is 0 Å². The van der Waals surface area contributed by atoms with E-state index in [0.717, 1.165) is 5.39 Å². The fourth-order valence-corrected chi connectivity index (χ4v) is 5.45. The van der Waals surface area contributed by atoms with E-state index in [1.54, 1.807) is 6.07 Å². The molecule has 0 saturated carbocycles. The summed E-state index contributed by atoms with van der Waals surface area (Å²) >= 11 is 0. The summed E-state index contributed by atoms with van der Waals surface area (Å²) in [6.45, 7) is 20.0. The Kier molecular flexibility index (Phi) is 9.45. The molecule has 0 aliphatic rings. The predicted octanol–water partition coefficient (Wildman–Crippen LogP) is 12.6. The molecule has 0 aliphatic carbocycles. The Bertz CT molecular complexity index is 1810. The van der Waals surface area contributed by atoms with E-state index < -0.39 is 0 Å². The van der Waals surface area contributed by atoms with Gasteiger partial charge in [0, 0.05) is 5.39 Å². The first-order valence-corrected chi connectivity index (χ1v) is 15.3. The lowest BCUT2D eigenvalue weighted by Crippen LogP contribution is -2.11. The Morgan fingerprint density at radius 1 is 0.372 bits per heavy atom. The minimum Gasteiger partial charge on any atom is -0.206 e. The zero-order chi connectivity index (χ0) is 31.4. The standard InChI is InChI=1S/C14H15F.2C14H16/c1-14(2,3)12-8-9-13(15)11-7-5-4-6-10(11)12;1-14(2,3)13-10-6-8-11-7-4-5-9-12(11)13;1-14(2,3)13-9-8-11-6-4-5-7-12(11)10-13/h4-9H,1-3H3;2*4-10H,1-3H3. The van der Waals surface area contributed by atoms with Crippen molar-refractivity contribution >= 4 is 32.3 Å². The highest BCUT2D eigenvalue weighted by molar-refractivity contribution is 5.87. The zero-order valence-electron chi connectivity index (χ0n) is 27.4. The molecule has 0 heterocycles. The van der Waals surface area contributed by atoms with Gasteiger partial charge in [0.2, 0.25) is 0 Å². The quantitative estimate of drug-likeness (QED) is 0.170. The molecule has 0 fully saturated rings. The van der Waals surface area contributed by atoms with E-state index in [0.29, 0.717) is 5.39 Å². The number of hydrogen-bond donors (Lipinski definition) is 0. The minimum absolute atomic E-state index is 0.0489. The van der Waals surface area contributed by atoms with E-state index in [2.05, 4.69) is 147 Å². The second-order valence-electron chi connectivity index (χ2n) is 14.5. The zero-order valence-corrected chi connectivity index (χ0v) is 27.4. The molecule has 0 aliphatic heterocycles. The van der Waals surface area contributed by atoms with Crippen molar-refractivity contribution in [3.63, 3.8) is 0 Å². The highest BCUT2D eigenvalue weighted by atomic mass is 19.1. The molecule has 0 saturated heterocycles. The molecule has 43 heavy (non-hydrogen) atoms. The van der Waals surface area contributed by atoms with Crippen LogP contribution in [0.3, 0.4) is 0 Å². The van der Waals surface area contributed by atoms with Crippen molar-refractivity contribution in [1.29, 1.82) is 0 Å². The van der Waals surface area contributed by atoms with E-state index in [-0.39, 0.29) is 22.1 Å². The van der Waals surface area contributed by atoms with Crippen LogP contribution in [0.1, 0.15) is 79.0 Å². The van der Waals surface area contributed by atoms with Gasteiger partial charge in [0.15, 0.2) is 0 Å². The average molecular weight is 571 g/mol. The molecule has 0 radical (unpaired) electrons. The molecule has 6 aromatic carbocycles. The molecule has 222 valence electrons. The Morgan fingerprint density at radius 2 is 0.860 bits per heavy atom. The summed E-state index contributed by atoms with van der Waals surface area (Å²) in [5, 5.41) is 7.10. The fourth-order valence-electron chi connectivity index (χ4n) is 5.45. The van der Waals surface area contributed by atoms with Gasteiger partial charge in [-0.15, -0.1) is 0 Å². The van der Waals surface area contributed by atoms with Crippen LogP contribution in [0.15, 0.2) is 121 Å². The summed E-state index contributed by atoms with van der Waals surface area (Å²) in [4.78, 5) is 0. The van der Waals surface area contributed by atoms with E-state index >= 15 is 0 Å². The normalized spacial score (nSPS) is 12.0. The molecule has 0 unspecified atom stereocenters. The van der Waals surface area contributed by atoms with E-state index in [9.17, 15) is 4.39 Å². The van der Waals surface area contributed by atoms with Crippen molar-refractivity contribution in [3.05, 3.63) is 144 Å². The van der Waals surface area contributed by atoms with Gasteiger partial charge in [-0.25, -0.2) is 4.39 Å². The SMILES string of the molecule is CC(C)(C)c1ccc(F)c2ccccc12.CC(C)(C)c1ccc2ccccc2c1.CC(C)(C)c1cccc2ccccc12. The minimum atomic E-state index is -0.140. The molecule has 0 N–H and O–H groups in total. The lowest BCUT2D eigenvalue weighted by atomic mass is 9.83. The number of hydrogen-bond acceptors (Lipinski definition) is 0. The van der Waals surface area contributed by atoms with Crippen LogP contribution in [-0.2, 0) is 16.2 Å². The Morgan fingerprint density at radius 3 is 1.47 bits per heavy atom. The molecular formula is C42H47F. The number of halogens is 1. The third-order valence-corrected chi connectivity index (χ3v) is 7.89. The summed E-state index contributed by atoms with van der Waals surface area (Å²) in [6, 6.07) is 41.4. The fraction of sp³-hybridized carbons (Fsp3) is 0.286. The highest BCUT2D eigenvalue weighted by Gasteiger charge is 2.18. The van der Waals surface area contributed by atoms with Crippen LogP contribution in [0, 0.1) is 5.82 Å². The van der Waals surface area contributed by atoms with Crippen LogP contribution in [0.25, 0.3) is 32.3 Å². The molecule has 0 aromatic heterocycles. The first-order chi connectivity index (χ1) is 20.2. The predicted molar refractivity (Wildman–Crippen MR) is 188 cm³/mol. The van der Waals surface area contributed by atoms with Crippen LogP contribution in [0.2, 0.25) is 0 Å². The summed E-state index contributed by atoms with van der Waals surface area (Å²) in [7, 11) is 0. The Hall–Kier alpha value is -3.97. The molecule has 0 atom stereocenters. The molecule has 6 aromatic rings. The smallest absolute Gasteiger partial charge is 0.131 e. The van der Waals surface area contributed by atoms with Crippen molar-refractivity contribution in [1.82, 2.24) is 0 Å². The van der Waals surface area contributed by atoms with Gasteiger partial charge in [0.25, 0.3) is 0 Å². The van der Waals surface area contributed by atoms with Crippen LogP contribution in [0.5, 0.6) is 0 Å². The van der Waals surface area contributed by atoms with Gasteiger partial charge in [-0.05, 0) is 65.9 Å². The van der Waals surface area contributed by atoms with Gasteiger partial charge in [-0.3, -0.25) is 0 Å². The maximum Gasteiger partial charge on any atom is 0.131 e. The molecule has 0 bridgehead atoms. The van der Waals surface area contributed by atoms with Crippen LogP contribution < -0.4 is 0 Å². The molecule has 0 spiro atoms. The molecule has 0 amide bonds. The number of rotatable bonds is 0. The topological polar surface area (TPSA) is 0 Å². The maximum absolute atomic E-state index is 13.6. The van der Waals surface area contributed by atoms with Crippen LogP contribution in [-0.4, -0.2) is 0 Å². The monoisotopic (exact) mass is 570 g/mol. The van der Waals surface area contributed by atoms with E-state index in [1.165, 1.54) is 38.2 Å². The van der Waals surface area contributed by atoms with Gasteiger partial charge in [-0.2, -0.15) is 0 Å². The van der Waals surface area contributed by atoms with Gasteiger partial charge < -0.3 is 0 Å². The van der Waals surface area contributed by atoms with Gasteiger partial charge in [0.05, 0.1) is 0 Å². The van der Waals surface area contributed by atoms with Crippen LogP contribution in [0.4, 0.5) is 4.39 Å². The van der Waals surface area contributed by atoms with Gasteiger partial charge in [0.1, 0.15) is 5.82 Å². The average Bonchev–Trinajstić information content (AvgIpc) is 2.96. The summed E-state index contributed by atoms with van der Waals surface area (Å²) in [5.41, 5.74) is 4.53. The summed E-state index contributed by atoms with van der Waals surface area (Å²) in [5.74, 6) is -0.140. The largest absolute Gasteiger partial charge is 0.206 e. The van der Waals surface area contributed by atoms with Crippen molar-refractivity contribution in [2.75, 3.05) is 0 Å². The molecule has 1 heteroatoms. The van der Waals surface area contributed by atoms with Crippen molar-refractivity contribution in [2.45, 2.75) is 78.6 Å². The lowest BCUT2D eigenvalue weighted by Gasteiger charge is -2.21. The second-order valence-corrected chi connectivity index (χ2v) is 14.5. The highest BCUT2D eigenvalue weighted by Crippen LogP contribution is 2.32. The number of fused-ring (bicyclic) bond motifs is 3. The molecule has 6 rings (SSSR count). The third kappa shape index (κ3) is 7.90. The first-order valence-electron chi connectivity index (χ1n) is 15.3. The van der Waals surface area contributed by atoms with Crippen molar-refractivity contribution in [3.8, 4) is 0 Å². The summed E-state index contributed by atoms with van der Waals surface area (Å²) in [6.07, 6.45) is 0. The van der Waals surface area contributed by atoms with E-state index in [4.69, 9.17) is 0 Å².